The van der Waals surface area contributed by atoms with E-state index in [-0.39, 0.29) is 18.6 Å². The maximum absolute atomic E-state index is 13.0. The molecule has 5 unspecified atom stereocenters. The Morgan fingerprint density at radius 3 is 2.12 bits per heavy atom. The molecule has 1 aromatic carbocycles. The third-order valence-electron chi connectivity index (χ3n) is 5.07. The van der Waals surface area contributed by atoms with Gasteiger partial charge in [0.05, 0.1) is 12.1 Å². The second-order valence-corrected chi connectivity index (χ2v) is 8.32. The van der Waals surface area contributed by atoms with Crippen molar-refractivity contribution in [2.24, 2.45) is 11.5 Å². The number of benzene rings is 1. The predicted molar refractivity (Wildman–Crippen MR) is 130 cm³/mol. The van der Waals surface area contributed by atoms with E-state index in [2.05, 4.69) is 28.6 Å². The van der Waals surface area contributed by atoms with Crippen molar-refractivity contribution >= 4 is 36.3 Å². The van der Waals surface area contributed by atoms with Gasteiger partial charge in [-0.15, -0.1) is 0 Å². The van der Waals surface area contributed by atoms with Gasteiger partial charge in [-0.2, -0.15) is 12.6 Å². The summed E-state index contributed by atoms with van der Waals surface area (Å²) in [6.45, 7) is 1.67. The molecule has 0 aliphatic heterocycles. The normalized spacial score (nSPS) is 15.3. The first-order valence-electron chi connectivity index (χ1n) is 11.0. The molecule has 0 aliphatic rings. The van der Waals surface area contributed by atoms with Crippen LogP contribution in [-0.4, -0.2) is 76.5 Å². The van der Waals surface area contributed by atoms with Crippen molar-refractivity contribution in [3.8, 4) is 0 Å². The smallest absolute Gasteiger partial charge is 0.326 e. The van der Waals surface area contributed by atoms with Crippen LogP contribution < -0.4 is 27.4 Å². The quantitative estimate of drug-likeness (QED) is 0.106. The van der Waals surface area contributed by atoms with Crippen LogP contribution in [0.4, 0.5) is 0 Å². The average molecular weight is 498 g/mol. The summed E-state index contributed by atoms with van der Waals surface area (Å²) >= 11 is 3.99. The molecule has 0 fully saturated rings. The highest BCUT2D eigenvalue weighted by molar-refractivity contribution is 7.80. The lowest BCUT2D eigenvalue weighted by molar-refractivity contribution is -0.143. The maximum Gasteiger partial charge on any atom is 0.326 e. The van der Waals surface area contributed by atoms with Crippen LogP contribution >= 0.6 is 12.6 Å². The Labute approximate surface area is 204 Å². The molecule has 3 amide bonds. The van der Waals surface area contributed by atoms with Gasteiger partial charge >= 0.3 is 5.97 Å². The number of carbonyl (C=O) groups is 4. The maximum atomic E-state index is 13.0. The molecule has 0 bridgehead atoms. The monoisotopic (exact) mass is 497 g/mol. The number of carboxylic acid groups (broad SMARTS) is 1. The number of aliphatic hydroxyl groups excluding tert-OH is 1. The fraction of sp³-hybridized carbons (Fsp3) is 0.545. The molecule has 5 atom stereocenters. The molecule has 0 saturated carbocycles. The molecule has 0 aliphatic carbocycles. The van der Waals surface area contributed by atoms with Crippen molar-refractivity contribution in [1.82, 2.24) is 16.0 Å². The van der Waals surface area contributed by atoms with E-state index in [1.165, 1.54) is 6.92 Å². The van der Waals surface area contributed by atoms with Crippen molar-refractivity contribution in [3.05, 3.63) is 35.9 Å². The van der Waals surface area contributed by atoms with Gasteiger partial charge in [0, 0.05) is 12.2 Å². The van der Waals surface area contributed by atoms with Crippen LogP contribution in [0.15, 0.2) is 30.3 Å². The summed E-state index contributed by atoms with van der Waals surface area (Å²) in [5.74, 6) is -3.38. The molecule has 12 heteroatoms. The Morgan fingerprint density at radius 1 is 0.971 bits per heavy atom. The number of nitrogens with one attached hydrogen (secondary N) is 3. The van der Waals surface area contributed by atoms with Crippen LogP contribution in [0, 0.1) is 0 Å². The van der Waals surface area contributed by atoms with E-state index in [0.29, 0.717) is 19.4 Å². The number of carboxylic acids is 1. The second-order valence-electron chi connectivity index (χ2n) is 7.95. The third-order valence-corrected chi connectivity index (χ3v) is 5.47. The first-order valence-corrected chi connectivity index (χ1v) is 11.7. The molecule has 0 aromatic heterocycles. The van der Waals surface area contributed by atoms with Crippen LogP contribution in [0.25, 0.3) is 0 Å². The highest BCUT2D eigenvalue weighted by Gasteiger charge is 2.32. The van der Waals surface area contributed by atoms with Gasteiger partial charge in [-0.05, 0) is 38.3 Å². The Balaban J connectivity index is 2.99. The Morgan fingerprint density at radius 2 is 1.59 bits per heavy atom. The van der Waals surface area contributed by atoms with Gasteiger partial charge in [-0.3, -0.25) is 14.4 Å². The zero-order chi connectivity index (χ0) is 25.7. The Bertz CT molecular complexity index is 810. The molecule has 34 heavy (non-hydrogen) atoms. The summed E-state index contributed by atoms with van der Waals surface area (Å²) in [5.41, 5.74) is 11.9. The highest BCUT2D eigenvalue weighted by Crippen LogP contribution is 2.07. The van der Waals surface area contributed by atoms with E-state index in [9.17, 15) is 29.4 Å². The number of carbonyl (C=O) groups excluding carboxylic acids is 3. The molecule has 9 N–H and O–H groups in total. The Kier molecular flexibility index (Phi) is 13.2. The van der Waals surface area contributed by atoms with Gasteiger partial charge < -0.3 is 37.6 Å². The van der Waals surface area contributed by atoms with Crippen molar-refractivity contribution in [2.45, 2.75) is 62.9 Å². The fourth-order valence-electron chi connectivity index (χ4n) is 3.09. The van der Waals surface area contributed by atoms with E-state index in [1.807, 2.05) is 0 Å². The minimum Gasteiger partial charge on any atom is -0.480 e. The SMILES string of the molecule is CC(O)C(NC(=O)C(Cc1ccccc1)NC(=O)C(N)CS)C(=O)NC(CCCCN)C(=O)O. The summed E-state index contributed by atoms with van der Waals surface area (Å²) in [4.78, 5) is 49.6. The number of hydrogen-bond donors (Lipinski definition) is 8. The topological polar surface area (TPSA) is 197 Å². The van der Waals surface area contributed by atoms with Gasteiger partial charge in [-0.1, -0.05) is 30.3 Å². The van der Waals surface area contributed by atoms with Gasteiger partial charge in [0.25, 0.3) is 0 Å². The van der Waals surface area contributed by atoms with Gasteiger partial charge in [-0.25, -0.2) is 4.79 Å². The molecule has 0 spiro atoms. The van der Waals surface area contributed by atoms with Crippen molar-refractivity contribution in [2.75, 3.05) is 12.3 Å². The second kappa shape index (κ2) is 15.3. The van der Waals surface area contributed by atoms with Crippen LogP contribution in [0.5, 0.6) is 0 Å². The molecule has 11 nitrogen and oxygen atoms in total. The van der Waals surface area contributed by atoms with Crippen LogP contribution in [0.2, 0.25) is 0 Å². The lowest BCUT2D eigenvalue weighted by Gasteiger charge is -2.26. The van der Waals surface area contributed by atoms with Gasteiger partial charge in [0.2, 0.25) is 17.7 Å². The highest BCUT2D eigenvalue weighted by atomic mass is 32.1. The van der Waals surface area contributed by atoms with E-state index >= 15 is 0 Å². The number of aliphatic carboxylic acids is 1. The number of rotatable bonds is 15. The molecular formula is C22H35N5O6S. The molecule has 0 heterocycles. The van der Waals surface area contributed by atoms with Crippen molar-refractivity contribution < 1.29 is 29.4 Å². The average Bonchev–Trinajstić information content (AvgIpc) is 2.80. The Hall–Kier alpha value is -2.67. The van der Waals surface area contributed by atoms with Gasteiger partial charge in [0.15, 0.2) is 0 Å². The van der Waals surface area contributed by atoms with Crippen molar-refractivity contribution in [1.29, 1.82) is 0 Å². The molecular weight excluding hydrogens is 462 g/mol. The van der Waals surface area contributed by atoms with Crippen LogP contribution in [0.1, 0.15) is 31.7 Å². The zero-order valence-corrected chi connectivity index (χ0v) is 20.0. The summed E-state index contributed by atoms with van der Waals surface area (Å²) < 4.78 is 0. The van der Waals surface area contributed by atoms with E-state index < -0.39 is 54.0 Å². The lowest BCUT2D eigenvalue weighted by atomic mass is 10.0. The minimum absolute atomic E-state index is 0.0605. The third kappa shape index (κ3) is 10.1. The lowest BCUT2D eigenvalue weighted by Crippen LogP contribution is -2.60. The fourth-order valence-corrected chi connectivity index (χ4v) is 3.26. The number of amides is 3. The number of hydrogen-bond acceptors (Lipinski definition) is 8. The number of aliphatic hydroxyl groups is 1. The van der Waals surface area contributed by atoms with E-state index in [0.717, 1.165) is 5.56 Å². The van der Waals surface area contributed by atoms with Crippen molar-refractivity contribution in [3.63, 3.8) is 0 Å². The van der Waals surface area contributed by atoms with E-state index in [4.69, 9.17) is 11.5 Å². The van der Waals surface area contributed by atoms with Crippen LogP contribution in [-0.2, 0) is 25.6 Å². The molecule has 1 aromatic rings. The molecule has 190 valence electrons. The first-order chi connectivity index (χ1) is 16.1. The number of nitrogens with two attached hydrogens (primary N) is 2. The summed E-state index contributed by atoms with van der Waals surface area (Å²) in [7, 11) is 0. The summed E-state index contributed by atoms with van der Waals surface area (Å²) in [6, 6.07) is 4.18. The number of thiol groups is 1. The predicted octanol–water partition coefficient (Wildman–Crippen LogP) is -1.46. The minimum atomic E-state index is -1.45. The first kappa shape index (κ1) is 29.4. The van der Waals surface area contributed by atoms with E-state index in [1.54, 1.807) is 30.3 Å². The molecule has 0 radical (unpaired) electrons. The standard InChI is InChI=1S/C22H35N5O6S/c1-13(28)18(21(31)25-16(22(32)33)9-5-6-10-23)27-20(30)17(26-19(29)15(24)12-34)11-14-7-3-2-4-8-14/h2-4,7-8,13,15-18,28,34H,5-6,9-12,23-24H2,1H3,(H,25,31)(H,26,29)(H,27,30)(H,32,33). The largest absolute Gasteiger partial charge is 0.480 e. The summed E-state index contributed by atoms with van der Waals surface area (Å²) in [5, 5.41) is 26.8. The zero-order valence-electron chi connectivity index (χ0n) is 19.1. The summed E-state index contributed by atoms with van der Waals surface area (Å²) in [6.07, 6.45) is -0.0210. The molecule has 0 saturated heterocycles. The number of unbranched alkanes of at least 4 members (excludes halogenated alkanes) is 1. The van der Waals surface area contributed by atoms with Crippen LogP contribution in [0.3, 0.4) is 0 Å². The molecule has 1 rings (SSSR count). The van der Waals surface area contributed by atoms with Gasteiger partial charge in [0.1, 0.15) is 18.1 Å².